The maximum atomic E-state index is 9.75. The Morgan fingerprint density at radius 3 is 2.65 bits per heavy atom. The van der Waals surface area contributed by atoms with Crippen LogP contribution in [0.25, 0.3) is 0 Å². The van der Waals surface area contributed by atoms with Crippen LogP contribution in [-0.4, -0.2) is 0 Å². The highest BCUT2D eigenvalue weighted by Crippen LogP contribution is 2.39. The predicted octanol–water partition coefficient (Wildman–Crippen LogP) is 4.53. The molecule has 0 saturated carbocycles. The molecule has 2 aromatic carbocycles. The van der Waals surface area contributed by atoms with Gasteiger partial charge in [-0.05, 0) is 55.2 Å². The van der Waals surface area contributed by atoms with Crippen LogP contribution in [0.5, 0.6) is 0 Å². The number of benzene rings is 2. The molecule has 1 aliphatic rings. The van der Waals surface area contributed by atoms with E-state index < -0.39 is 5.54 Å². The summed E-state index contributed by atoms with van der Waals surface area (Å²) in [6, 6.07) is 16.9. The zero-order valence-electron chi connectivity index (χ0n) is 11.3. The van der Waals surface area contributed by atoms with Crippen molar-refractivity contribution in [3.05, 3.63) is 63.6 Å². The average molecular weight is 327 g/mol. The molecule has 0 radical (unpaired) electrons. The number of nitrogens with zero attached hydrogens (tertiary/aromatic N) is 1. The van der Waals surface area contributed by atoms with Gasteiger partial charge in [0.05, 0.1) is 6.07 Å². The van der Waals surface area contributed by atoms with Gasteiger partial charge >= 0.3 is 0 Å². The molecule has 3 heteroatoms. The second-order valence-electron chi connectivity index (χ2n) is 5.31. The molecule has 2 nitrogen and oxygen atoms in total. The van der Waals surface area contributed by atoms with Crippen molar-refractivity contribution in [2.24, 2.45) is 0 Å². The number of rotatable bonds is 2. The predicted molar refractivity (Wildman–Crippen MR) is 84.6 cm³/mol. The number of hydrogen-bond acceptors (Lipinski definition) is 2. The Morgan fingerprint density at radius 1 is 1.20 bits per heavy atom. The Bertz CT molecular complexity index is 685. The van der Waals surface area contributed by atoms with E-state index in [4.69, 9.17) is 0 Å². The minimum absolute atomic E-state index is 0.602. The van der Waals surface area contributed by atoms with Crippen LogP contribution in [-0.2, 0) is 12.0 Å². The van der Waals surface area contributed by atoms with Crippen LogP contribution in [0.2, 0.25) is 0 Å². The Hall–Kier alpha value is -1.79. The average Bonchev–Trinajstić information content (AvgIpc) is 2.80. The third-order valence-corrected chi connectivity index (χ3v) is 4.42. The Labute approximate surface area is 127 Å². The highest BCUT2D eigenvalue weighted by atomic mass is 79.9. The SMILES string of the molecule is Cc1ccc2c(c1)C(C#N)(Nc1ccc(Br)cc1)CC2. The molecule has 0 aromatic heterocycles. The lowest BCUT2D eigenvalue weighted by Crippen LogP contribution is -2.31. The van der Waals surface area contributed by atoms with Gasteiger partial charge in [-0.2, -0.15) is 5.26 Å². The van der Waals surface area contributed by atoms with E-state index in [1.165, 1.54) is 11.1 Å². The summed E-state index contributed by atoms with van der Waals surface area (Å²) in [5.74, 6) is 0. The summed E-state index contributed by atoms with van der Waals surface area (Å²) < 4.78 is 1.04. The van der Waals surface area contributed by atoms with Crippen LogP contribution >= 0.6 is 15.9 Å². The van der Waals surface area contributed by atoms with Crippen molar-refractivity contribution in [2.75, 3.05) is 5.32 Å². The summed E-state index contributed by atoms with van der Waals surface area (Å²) in [4.78, 5) is 0. The van der Waals surface area contributed by atoms with E-state index in [1.807, 2.05) is 24.3 Å². The van der Waals surface area contributed by atoms with Crippen molar-refractivity contribution in [1.82, 2.24) is 0 Å². The number of anilines is 1. The van der Waals surface area contributed by atoms with E-state index in [-0.39, 0.29) is 0 Å². The van der Waals surface area contributed by atoms with Gasteiger partial charge in [-0.3, -0.25) is 0 Å². The van der Waals surface area contributed by atoms with Gasteiger partial charge in [0.15, 0.2) is 5.54 Å². The topological polar surface area (TPSA) is 35.8 Å². The maximum absolute atomic E-state index is 9.75. The number of aryl methyl sites for hydroxylation is 2. The molecule has 0 spiro atoms. The molecule has 0 bridgehead atoms. The minimum Gasteiger partial charge on any atom is -0.364 e. The molecule has 0 fully saturated rings. The highest BCUT2D eigenvalue weighted by Gasteiger charge is 2.39. The molecule has 1 atom stereocenters. The van der Waals surface area contributed by atoms with Crippen molar-refractivity contribution in [3.63, 3.8) is 0 Å². The number of hydrogen-bond donors (Lipinski definition) is 1. The van der Waals surface area contributed by atoms with Crippen LogP contribution in [0, 0.1) is 18.3 Å². The van der Waals surface area contributed by atoms with Gasteiger partial charge in [0.1, 0.15) is 0 Å². The third-order valence-electron chi connectivity index (χ3n) is 3.89. The Kier molecular flexibility index (Phi) is 3.27. The van der Waals surface area contributed by atoms with Gasteiger partial charge in [0.2, 0.25) is 0 Å². The lowest BCUT2D eigenvalue weighted by Gasteiger charge is -2.25. The first-order valence-electron chi connectivity index (χ1n) is 6.68. The molecule has 2 aromatic rings. The second kappa shape index (κ2) is 4.96. The Morgan fingerprint density at radius 2 is 1.95 bits per heavy atom. The lowest BCUT2D eigenvalue weighted by atomic mass is 9.92. The first-order valence-corrected chi connectivity index (χ1v) is 7.47. The minimum atomic E-state index is -0.602. The fourth-order valence-corrected chi connectivity index (χ4v) is 3.08. The van der Waals surface area contributed by atoms with Gasteiger partial charge in [-0.25, -0.2) is 0 Å². The van der Waals surface area contributed by atoms with Crippen LogP contribution in [0.1, 0.15) is 23.1 Å². The summed E-state index contributed by atoms with van der Waals surface area (Å²) in [5.41, 5.74) is 3.98. The van der Waals surface area contributed by atoms with E-state index in [1.54, 1.807) is 0 Å². The van der Waals surface area contributed by atoms with E-state index in [0.717, 1.165) is 28.6 Å². The number of nitrogens with one attached hydrogen (secondary N) is 1. The molecule has 1 aliphatic carbocycles. The summed E-state index contributed by atoms with van der Waals surface area (Å²) in [6.45, 7) is 2.07. The van der Waals surface area contributed by atoms with Crippen molar-refractivity contribution in [1.29, 1.82) is 5.26 Å². The monoisotopic (exact) mass is 326 g/mol. The van der Waals surface area contributed by atoms with Gasteiger partial charge in [-0.1, -0.05) is 39.7 Å². The van der Waals surface area contributed by atoms with Gasteiger partial charge < -0.3 is 5.32 Å². The largest absolute Gasteiger partial charge is 0.364 e. The fourth-order valence-electron chi connectivity index (χ4n) is 2.82. The van der Waals surface area contributed by atoms with Crippen molar-refractivity contribution < 1.29 is 0 Å². The normalized spacial score (nSPS) is 20.2. The van der Waals surface area contributed by atoms with Crippen LogP contribution in [0.3, 0.4) is 0 Å². The van der Waals surface area contributed by atoms with Gasteiger partial charge in [0, 0.05) is 10.2 Å². The summed E-state index contributed by atoms with van der Waals surface area (Å²) in [6.07, 6.45) is 1.77. The summed E-state index contributed by atoms with van der Waals surface area (Å²) in [7, 11) is 0. The molecule has 1 N–H and O–H groups in total. The standard InChI is InChI=1S/C17H15BrN2/c1-12-2-3-13-8-9-17(11-19,16(13)10-12)20-15-6-4-14(18)5-7-15/h2-7,10,20H,8-9H2,1H3. The van der Waals surface area contributed by atoms with Crippen molar-refractivity contribution in [3.8, 4) is 6.07 Å². The van der Waals surface area contributed by atoms with Crippen molar-refractivity contribution >= 4 is 21.6 Å². The van der Waals surface area contributed by atoms with Crippen LogP contribution in [0.15, 0.2) is 46.9 Å². The molecular formula is C17H15BrN2. The molecule has 20 heavy (non-hydrogen) atoms. The molecule has 0 aliphatic heterocycles. The molecule has 0 saturated heterocycles. The number of halogens is 1. The molecule has 0 heterocycles. The maximum Gasteiger partial charge on any atom is 0.151 e. The van der Waals surface area contributed by atoms with Crippen LogP contribution in [0.4, 0.5) is 5.69 Å². The third kappa shape index (κ3) is 2.21. The first kappa shape index (κ1) is 13.2. The molecule has 100 valence electrons. The Balaban J connectivity index is 2.01. The summed E-state index contributed by atoms with van der Waals surface area (Å²) >= 11 is 3.43. The lowest BCUT2D eigenvalue weighted by molar-refractivity contribution is 0.621. The van der Waals surface area contributed by atoms with E-state index in [0.29, 0.717) is 0 Å². The zero-order chi connectivity index (χ0) is 14.2. The molecular weight excluding hydrogens is 312 g/mol. The number of nitriles is 1. The van der Waals surface area contributed by atoms with Crippen molar-refractivity contribution in [2.45, 2.75) is 25.3 Å². The first-order chi connectivity index (χ1) is 9.63. The van der Waals surface area contributed by atoms with Crippen LogP contribution < -0.4 is 5.32 Å². The highest BCUT2D eigenvalue weighted by molar-refractivity contribution is 9.10. The fraction of sp³-hybridized carbons (Fsp3) is 0.235. The van der Waals surface area contributed by atoms with E-state index in [2.05, 4.69) is 52.4 Å². The second-order valence-corrected chi connectivity index (χ2v) is 6.23. The van der Waals surface area contributed by atoms with Gasteiger partial charge in [0.25, 0.3) is 0 Å². The molecule has 1 unspecified atom stereocenters. The smallest absolute Gasteiger partial charge is 0.151 e. The number of fused-ring (bicyclic) bond motifs is 1. The van der Waals surface area contributed by atoms with E-state index >= 15 is 0 Å². The summed E-state index contributed by atoms with van der Waals surface area (Å²) in [5, 5.41) is 13.2. The quantitative estimate of drug-likeness (QED) is 0.879. The molecule has 0 amide bonds. The van der Waals surface area contributed by atoms with E-state index in [9.17, 15) is 5.26 Å². The molecule has 3 rings (SSSR count). The van der Waals surface area contributed by atoms with Gasteiger partial charge in [-0.15, -0.1) is 0 Å². The zero-order valence-corrected chi connectivity index (χ0v) is 12.9.